The van der Waals surface area contributed by atoms with Gasteiger partial charge in [0, 0.05) is 34.6 Å². The summed E-state index contributed by atoms with van der Waals surface area (Å²) in [4.78, 5) is 26.5. The van der Waals surface area contributed by atoms with E-state index in [1.807, 2.05) is 12.1 Å². The number of pyridine rings is 2. The molecular formula is C22H19ClN2O8P2. The largest absolute Gasteiger partial charge is 0.472 e. The number of halogens is 1. The molecule has 0 amide bonds. The summed E-state index contributed by atoms with van der Waals surface area (Å²) in [6.07, 6.45) is 3.02. The van der Waals surface area contributed by atoms with Crippen molar-refractivity contribution in [1.82, 2.24) is 9.97 Å². The molecule has 1 unspecified atom stereocenters. The second-order valence-electron chi connectivity index (χ2n) is 7.69. The van der Waals surface area contributed by atoms with E-state index in [0.29, 0.717) is 44.3 Å². The molecular weight excluding hydrogens is 518 g/mol. The Labute approximate surface area is 204 Å². The fourth-order valence-corrected chi connectivity index (χ4v) is 5.93. The van der Waals surface area contributed by atoms with E-state index in [4.69, 9.17) is 35.2 Å². The molecule has 2 aromatic heterocycles. The number of benzene rings is 2. The molecule has 1 saturated heterocycles. The third-order valence-electron chi connectivity index (χ3n) is 5.39. The van der Waals surface area contributed by atoms with Crippen molar-refractivity contribution in [3.63, 3.8) is 0 Å². The van der Waals surface area contributed by atoms with Gasteiger partial charge in [-0.3, -0.25) is 19.1 Å². The number of aromatic nitrogens is 2. The summed E-state index contributed by atoms with van der Waals surface area (Å²) in [6.45, 7) is -0.386. The second kappa shape index (κ2) is 9.58. The molecule has 1 fully saturated rings. The fraction of sp³-hybridized carbons (Fsp3) is 0.182. The van der Waals surface area contributed by atoms with E-state index >= 15 is 0 Å². The highest BCUT2D eigenvalue weighted by Crippen LogP contribution is 2.55. The van der Waals surface area contributed by atoms with Gasteiger partial charge in [-0.05, 0) is 35.9 Å². The number of phosphoric ester groups is 1. The van der Waals surface area contributed by atoms with E-state index in [0.717, 1.165) is 5.56 Å². The van der Waals surface area contributed by atoms with E-state index in [1.54, 1.807) is 36.4 Å². The van der Waals surface area contributed by atoms with Crippen LogP contribution in [0.5, 0.6) is 5.75 Å². The quantitative estimate of drug-likeness (QED) is 0.199. The highest BCUT2D eigenvalue weighted by molar-refractivity contribution is 7.62. The monoisotopic (exact) mass is 536 g/mol. The molecule has 182 valence electrons. The van der Waals surface area contributed by atoms with Crippen molar-refractivity contribution in [1.29, 1.82) is 0 Å². The molecule has 13 heteroatoms. The number of rotatable bonds is 6. The van der Waals surface area contributed by atoms with Gasteiger partial charge in [0.05, 0.1) is 23.5 Å². The minimum Gasteiger partial charge on any atom is -0.466 e. The summed E-state index contributed by atoms with van der Waals surface area (Å²) >= 11 is 6.10. The highest BCUT2D eigenvalue weighted by Gasteiger charge is 2.37. The van der Waals surface area contributed by atoms with Crippen LogP contribution < -0.4 is 10.0 Å². The Morgan fingerprint density at radius 3 is 2.80 bits per heavy atom. The lowest BCUT2D eigenvalue weighted by Crippen LogP contribution is -2.20. The normalized spacial score (nSPS) is 20.8. The maximum absolute atomic E-state index is 13.6. The number of fused-ring (bicyclic) bond motifs is 3. The van der Waals surface area contributed by atoms with Gasteiger partial charge in [-0.15, -0.1) is 0 Å². The van der Waals surface area contributed by atoms with E-state index < -0.39 is 28.3 Å². The molecule has 1 aliphatic heterocycles. The Hall–Kier alpha value is -2.39. The van der Waals surface area contributed by atoms with Crippen molar-refractivity contribution >= 4 is 54.1 Å². The molecule has 2 aromatic carbocycles. The molecule has 0 bridgehead atoms. The minimum absolute atomic E-state index is 0.253. The Morgan fingerprint density at radius 2 is 2.00 bits per heavy atom. The highest BCUT2D eigenvalue weighted by atomic mass is 35.5. The van der Waals surface area contributed by atoms with Crippen LogP contribution in [0.4, 0.5) is 0 Å². The minimum atomic E-state index is -4.66. The molecule has 1 aliphatic rings. The van der Waals surface area contributed by atoms with Gasteiger partial charge < -0.3 is 19.0 Å². The van der Waals surface area contributed by atoms with E-state index in [2.05, 4.69) is 14.5 Å². The first-order valence-electron chi connectivity index (χ1n) is 10.4. The van der Waals surface area contributed by atoms with Gasteiger partial charge in [0.15, 0.2) is 6.79 Å². The zero-order valence-electron chi connectivity index (χ0n) is 18.0. The molecule has 3 heterocycles. The van der Waals surface area contributed by atoms with Crippen molar-refractivity contribution < 1.29 is 37.2 Å². The van der Waals surface area contributed by atoms with Gasteiger partial charge in [0.25, 0.3) is 0 Å². The number of phosphoric acid groups is 1. The molecule has 4 aromatic rings. The van der Waals surface area contributed by atoms with Gasteiger partial charge >= 0.3 is 15.4 Å². The molecule has 5 rings (SSSR count). The van der Waals surface area contributed by atoms with Gasteiger partial charge in [0.1, 0.15) is 11.3 Å². The number of nitrogens with zero attached hydrogens (tertiary/aromatic N) is 2. The van der Waals surface area contributed by atoms with Crippen LogP contribution in [-0.2, 0) is 22.7 Å². The molecule has 2 atom stereocenters. The first kappa shape index (κ1) is 24.3. The van der Waals surface area contributed by atoms with Crippen molar-refractivity contribution in [3.05, 3.63) is 71.5 Å². The molecule has 2 N–H and O–H groups in total. The molecule has 0 radical (unpaired) electrons. The van der Waals surface area contributed by atoms with Crippen LogP contribution in [0.1, 0.15) is 18.1 Å². The second-order valence-corrected chi connectivity index (χ2v) is 11.3. The molecule has 10 nitrogen and oxygen atoms in total. The van der Waals surface area contributed by atoms with Gasteiger partial charge in [-0.1, -0.05) is 29.8 Å². The first-order valence-corrected chi connectivity index (χ1v) is 13.9. The van der Waals surface area contributed by atoms with Gasteiger partial charge in [-0.2, -0.15) is 0 Å². The summed E-state index contributed by atoms with van der Waals surface area (Å²) in [5.74, 6) is 0.312. The summed E-state index contributed by atoms with van der Waals surface area (Å²) in [5.41, 5.74) is 1.83. The maximum Gasteiger partial charge on any atom is 0.472 e. The number of hydrogen-bond donors (Lipinski definition) is 2. The Balaban J connectivity index is 1.46. The van der Waals surface area contributed by atoms with Crippen LogP contribution >= 0.6 is 27.0 Å². The zero-order chi connectivity index (χ0) is 24.6. The standard InChI is InChI=1S/C22H19ClN2O8P2/c23-16-3-1-2-14(10-16)19-7-9-31-34(26,33-19)17-11-15-4-5-18-20(30-13-32-35(27,28)29)6-8-24-22(18)21(15)25-12-17/h1-6,8,10-12,19H,7,9,13H2,(H2,27,28,29)/t19-,34?/m0/s1. The summed E-state index contributed by atoms with van der Waals surface area (Å²) < 4.78 is 45.8. The number of ether oxygens (including phenoxy) is 1. The predicted octanol–water partition coefficient (Wildman–Crippen LogP) is 4.88. The maximum atomic E-state index is 13.6. The summed E-state index contributed by atoms with van der Waals surface area (Å²) in [6, 6.07) is 13.9. The number of hydrogen-bond acceptors (Lipinski definition) is 8. The van der Waals surface area contributed by atoms with Crippen LogP contribution in [0, 0.1) is 0 Å². The predicted molar refractivity (Wildman–Crippen MR) is 129 cm³/mol. The summed E-state index contributed by atoms with van der Waals surface area (Å²) in [7, 11) is -8.31. The Bertz CT molecular complexity index is 1510. The van der Waals surface area contributed by atoms with Crippen molar-refractivity contribution in [2.24, 2.45) is 0 Å². The average molecular weight is 537 g/mol. The molecule has 0 aliphatic carbocycles. The van der Waals surface area contributed by atoms with E-state index in [9.17, 15) is 9.13 Å². The van der Waals surface area contributed by atoms with Crippen molar-refractivity contribution in [3.8, 4) is 5.75 Å². The lowest BCUT2D eigenvalue weighted by Gasteiger charge is -2.30. The topological polar surface area (TPSA) is 137 Å². The smallest absolute Gasteiger partial charge is 0.466 e. The first-order chi connectivity index (χ1) is 16.7. The van der Waals surface area contributed by atoms with Crippen LogP contribution in [0.15, 0.2) is 60.9 Å². The van der Waals surface area contributed by atoms with Crippen LogP contribution in [0.3, 0.4) is 0 Å². The van der Waals surface area contributed by atoms with Crippen molar-refractivity contribution in [2.75, 3.05) is 13.4 Å². The van der Waals surface area contributed by atoms with Crippen LogP contribution in [0.2, 0.25) is 5.02 Å². The van der Waals surface area contributed by atoms with E-state index in [1.165, 1.54) is 12.4 Å². The SMILES string of the molecule is O=P(O)(O)OCOc1ccnc2c1ccc1cc(P3(=O)OCC[C@@H](c4cccc(Cl)c4)O3)cnc12. The van der Waals surface area contributed by atoms with Crippen LogP contribution in [0.25, 0.3) is 21.8 Å². The van der Waals surface area contributed by atoms with Crippen LogP contribution in [-0.4, -0.2) is 33.2 Å². The van der Waals surface area contributed by atoms with E-state index in [-0.39, 0.29) is 6.61 Å². The molecule has 0 saturated carbocycles. The lowest BCUT2D eigenvalue weighted by molar-refractivity contribution is 0.0837. The summed E-state index contributed by atoms with van der Waals surface area (Å²) in [5, 5.41) is 2.10. The Kier molecular flexibility index (Phi) is 6.65. The molecule has 35 heavy (non-hydrogen) atoms. The third kappa shape index (κ3) is 5.26. The van der Waals surface area contributed by atoms with Crippen molar-refractivity contribution in [2.45, 2.75) is 12.5 Å². The van der Waals surface area contributed by atoms with Gasteiger partial charge in [0.2, 0.25) is 0 Å². The Morgan fingerprint density at radius 1 is 1.14 bits per heavy atom. The lowest BCUT2D eigenvalue weighted by atomic mass is 10.1. The average Bonchev–Trinajstić information content (AvgIpc) is 2.83. The fourth-order valence-electron chi connectivity index (χ4n) is 3.81. The molecule has 0 spiro atoms. The third-order valence-corrected chi connectivity index (χ3v) is 7.99. The zero-order valence-corrected chi connectivity index (χ0v) is 20.5. The van der Waals surface area contributed by atoms with Gasteiger partial charge in [-0.25, -0.2) is 9.09 Å².